The maximum absolute atomic E-state index is 13.6. The number of carbonyl (C=O) groups is 4. The molecule has 2 heterocycles. The number of anilines is 2. The van der Waals surface area contributed by atoms with Gasteiger partial charge in [0.15, 0.2) is 22.4 Å². The smallest absolute Gasteiger partial charge is 0.325 e. The molecule has 2 amide bonds. The first-order chi connectivity index (χ1) is 19.7. The van der Waals surface area contributed by atoms with Gasteiger partial charge in [0.2, 0.25) is 11.8 Å². The van der Waals surface area contributed by atoms with Gasteiger partial charge in [0, 0.05) is 27.9 Å². The number of hydrogen-bond acceptors (Lipinski definition) is 8. The second-order valence-corrected chi connectivity index (χ2v) is 10.1. The average molecular weight is 569 g/mol. The molecule has 0 unspecified atom stereocenters. The summed E-state index contributed by atoms with van der Waals surface area (Å²) in [4.78, 5) is 62.2. The zero-order chi connectivity index (χ0) is 29.1. The van der Waals surface area contributed by atoms with Crippen LogP contribution in [0.2, 0.25) is 0 Å². The van der Waals surface area contributed by atoms with E-state index in [2.05, 4.69) is 20.8 Å². The minimum atomic E-state index is -0.534. The first-order valence-electron chi connectivity index (χ1n) is 12.5. The summed E-state index contributed by atoms with van der Waals surface area (Å²) in [5.74, 6) is -0.991. The Labute approximate surface area is 237 Å². The summed E-state index contributed by atoms with van der Waals surface area (Å²) in [6, 6.07) is 20.0. The minimum Gasteiger partial charge on any atom is -0.325 e. The predicted molar refractivity (Wildman–Crippen MR) is 156 cm³/mol. The molecule has 3 aromatic carbocycles. The number of aromatic nitrogens is 4. The maximum Gasteiger partial charge on any atom is 0.337 e. The van der Waals surface area contributed by atoms with Crippen molar-refractivity contribution in [3.63, 3.8) is 0 Å². The number of carbonyl (C=O) groups excluding carboxylic acids is 4. The summed E-state index contributed by atoms with van der Waals surface area (Å²) in [7, 11) is 0. The number of amides is 2. The number of fused-ring (bicyclic) bond motifs is 3. The monoisotopic (exact) mass is 568 g/mol. The van der Waals surface area contributed by atoms with Gasteiger partial charge in [-0.2, -0.15) is 0 Å². The topological polar surface area (TPSA) is 145 Å². The van der Waals surface area contributed by atoms with Crippen LogP contribution in [-0.4, -0.2) is 48.3 Å². The largest absolute Gasteiger partial charge is 0.337 e. The van der Waals surface area contributed by atoms with Crippen molar-refractivity contribution in [2.24, 2.45) is 0 Å². The Morgan fingerprint density at radius 1 is 0.756 bits per heavy atom. The van der Waals surface area contributed by atoms with Crippen molar-refractivity contribution in [2.45, 2.75) is 25.5 Å². The molecule has 0 atom stereocenters. The predicted octanol–water partition coefficient (Wildman–Crippen LogP) is 3.82. The summed E-state index contributed by atoms with van der Waals surface area (Å²) in [6.07, 6.45) is 0. The molecule has 0 aliphatic rings. The van der Waals surface area contributed by atoms with Gasteiger partial charge in [-0.3, -0.25) is 23.7 Å². The van der Waals surface area contributed by atoms with Crippen LogP contribution >= 0.6 is 11.8 Å². The quantitative estimate of drug-likeness (QED) is 0.202. The number of rotatable bonds is 9. The zero-order valence-corrected chi connectivity index (χ0v) is 22.9. The van der Waals surface area contributed by atoms with Crippen LogP contribution in [0.25, 0.3) is 16.6 Å². The third-order valence-corrected chi connectivity index (χ3v) is 7.20. The SMILES string of the molecule is CC(=O)c1ccc(NC(=O)CSc2nnc3c4ccccc4n(CC(=O)Nc4ccc(C(C)=O)cc4)c(=O)n23)cc1. The molecule has 5 rings (SSSR count). The van der Waals surface area contributed by atoms with Crippen molar-refractivity contribution in [1.82, 2.24) is 19.2 Å². The van der Waals surface area contributed by atoms with Crippen LogP contribution in [0.5, 0.6) is 0 Å². The normalized spacial score (nSPS) is 11.0. The van der Waals surface area contributed by atoms with Crippen LogP contribution in [0.15, 0.2) is 82.7 Å². The van der Waals surface area contributed by atoms with Crippen molar-refractivity contribution in [2.75, 3.05) is 16.4 Å². The van der Waals surface area contributed by atoms with Crippen LogP contribution in [0.3, 0.4) is 0 Å². The summed E-state index contributed by atoms with van der Waals surface area (Å²) in [5.41, 5.74) is 2.35. The van der Waals surface area contributed by atoms with E-state index in [-0.39, 0.29) is 34.9 Å². The molecule has 5 aromatic rings. The highest BCUT2D eigenvalue weighted by molar-refractivity contribution is 7.99. The fourth-order valence-corrected chi connectivity index (χ4v) is 4.96. The third-order valence-electron chi connectivity index (χ3n) is 6.28. The molecule has 41 heavy (non-hydrogen) atoms. The first-order valence-corrected chi connectivity index (χ1v) is 13.5. The molecule has 12 heteroatoms. The second kappa shape index (κ2) is 11.6. The minimum absolute atomic E-state index is 0.0573. The molecule has 0 aliphatic heterocycles. The number of thioether (sulfide) groups is 1. The van der Waals surface area contributed by atoms with Crippen LogP contribution in [0, 0.1) is 0 Å². The Morgan fingerprint density at radius 2 is 1.32 bits per heavy atom. The van der Waals surface area contributed by atoms with Crippen LogP contribution in [0.1, 0.15) is 34.6 Å². The van der Waals surface area contributed by atoms with E-state index in [0.29, 0.717) is 39.1 Å². The number of nitrogens with zero attached hydrogens (tertiary/aromatic N) is 4. The number of Topliss-reactive ketones (excluding diaryl/α,β-unsaturated/α-hetero) is 2. The molecule has 2 aromatic heterocycles. The molecule has 11 nitrogen and oxygen atoms in total. The molecular weight excluding hydrogens is 544 g/mol. The summed E-state index contributed by atoms with van der Waals surface area (Å²) in [6.45, 7) is 2.63. The number of hydrogen-bond donors (Lipinski definition) is 2. The highest BCUT2D eigenvalue weighted by Gasteiger charge is 2.19. The van der Waals surface area contributed by atoms with Gasteiger partial charge in [0.1, 0.15) is 6.54 Å². The second-order valence-electron chi connectivity index (χ2n) is 9.18. The van der Waals surface area contributed by atoms with Crippen molar-refractivity contribution < 1.29 is 19.2 Å². The molecular formula is C29H24N6O5S. The fraction of sp³-hybridized carbons (Fsp3) is 0.138. The van der Waals surface area contributed by atoms with Crippen LogP contribution < -0.4 is 16.3 Å². The van der Waals surface area contributed by atoms with Gasteiger partial charge in [0.05, 0.1) is 11.3 Å². The first kappa shape index (κ1) is 27.5. The van der Waals surface area contributed by atoms with Crippen molar-refractivity contribution in [3.05, 3.63) is 94.4 Å². The molecule has 206 valence electrons. The van der Waals surface area contributed by atoms with E-state index in [1.165, 1.54) is 22.8 Å². The van der Waals surface area contributed by atoms with Crippen LogP contribution in [-0.2, 0) is 16.1 Å². The standard InChI is InChI=1S/C29H24N6O5S/c1-17(36)19-7-11-21(12-8-19)30-25(38)15-34-24-6-4-3-5-23(24)27-32-33-28(35(27)29(34)40)41-16-26(39)31-22-13-9-20(10-14-22)18(2)37/h3-14H,15-16H2,1-2H3,(H,30,38)(H,31,39). The molecule has 0 aliphatic carbocycles. The van der Waals surface area contributed by atoms with Crippen molar-refractivity contribution >= 4 is 63.1 Å². The Balaban J connectivity index is 1.38. The van der Waals surface area contributed by atoms with Gasteiger partial charge < -0.3 is 10.6 Å². The van der Waals surface area contributed by atoms with Gasteiger partial charge in [-0.05, 0) is 74.5 Å². The van der Waals surface area contributed by atoms with E-state index in [4.69, 9.17) is 0 Å². The van der Waals surface area contributed by atoms with E-state index in [1.807, 2.05) is 0 Å². The molecule has 0 fully saturated rings. The van der Waals surface area contributed by atoms with E-state index in [0.717, 1.165) is 11.8 Å². The lowest BCUT2D eigenvalue weighted by molar-refractivity contribution is -0.117. The zero-order valence-electron chi connectivity index (χ0n) is 22.1. The highest BCUT2D eigenvalue weighted by atomic mass is 32.2. The third kappa shape index (κ3) is 5.92. The fourth-order valence-electron chi connectivity index (χ4n) is 4.23. The Hall–Kier alpha value is -5.10. The average Bonchev–Trinajstić information content (AvgIpc) is 3.39. The number of benzene rings is 3. The van der Waals surface area contributed by atoms with E-state index in [1.54, 1.807) is 72.8 Å². The number of ketones is 2. The number of para-hydroxylation sites is 1. The molecule has 0 radical (unpaired) electrons. The lowest BCUT2D eigenvalue weighted by atomic mass is 10.1. The summed E-state index contributed by atoms with van der Waals surface area (Å²) < 4.78 is 2.61. The van der Waals surface area contributed by atoms with Gasteiger partial charge in [-0.15, -0.1) is 10.2 Å². The molecule has 2 N–H and O–H groups in total. The Morgan fingerprint density at radius 3 is 1.90 bits per heavy atom. The lowest BCUT2D eigenvalue weighted by Gasteiger charge is -2.12. The number of nitrogens with one attached hydrogen (secondary N) is 2. The van der Waals surface area contributed by atoms with Gasteiger partial charge in [-0.1, -0.05) is 23.9 Å². The molecule has 0 spiro atoms. The maximum atomic E-state index is 13.6. The lowest BCUT2D eigenvalue weighted by Crippen LogP contribution is -2.32. The summed E-state index contributed by atoms with van der Waals surface area (Å²) >= 11 is 1.03. The molecule has 0 bridgehead atoms. The van der Waals surface area contributed by atoms with E-state index < -0.39 is 11.6 Å². The van der Waals surface area contributed by atoms with Gasteiger partial charge in [-0.25, -0.2) is 9.20 Å². The Kier molecular flexibility index (Phi) is 7.74. The van der Waals surface area contributed by atoms with Crippen LogP contribution in [0.4, 0.5) is 11.4 Å². The Bertz CT molecular complexity index is 1880. The van der Waals surface area contributed by atoms with Crippen molar-refractivity contribution in [1.29, 1.82) is 0 Å². The highest BCUT2D eigenvalue weighted by Crippen LogP contribution is 2.22. The van der Waals surface area contributed by atoms with E-state index in [9.17, 15) is 24.0 Å². The molecule has 0 saturated carbocycles. The van der Waals surface area contributed by atoms with Gasteiger partial charge in [0.25, 0.3) is 0 Å². The van der Waals surface area contributed by atoms with Gasteiger partial charge >= 0.3 is 5.69 Å². The van der Waals surface area contributed by atoms with Crippen molar-refractivity contribution in [3.8, 4) is 0 Å². The summed E-state index contributed by atoms with van der Waals surface area (Å²) in [5, 5.41) is 14.6. The van der Waals surface area contributed by atoms with E-state index >= 15 is 0 Å². The molecule has 0 saturated heterocycles.